The van der Waals surface area contributed by atoms with Gasteiger partial charge in [-0.25, -0.2) is 4.79 Å². The number of urea groups is 1. The van der Waals surface area contributed by atoms with Gasteiger partial charge in [-0.2, -0.15) is 0 Å². The first-order valence-corrected chi connectivity index (χ1v) is 6.47. The van der Waals surface area contributed by atoms with Crippen LogP contribution in [-0.2, 0) is 4.79 Å². The average Bonchev–Trinajstić information content (AvgIpc) is 2.39. The van der Waals surface area contributed by atoms with E-state index in [1.165, 1.54) is 12.0 Å². The fourth-order valence-electron chi connectivity index (χ4n) is 1.61. The van der Waals surface area contributed by atoms with Gasteiger partial charge < -0.3 is 20.1 Å². The molecule has 0 spiro atoms. The Bertz CT molecular complexity index is 493. The van der Waals surface area contributed by atoms with Gasteiger partial charge in [0.1, 0.15) is 5.75 Å². The number of rotatable bonds is 6. The molecule has 1 aromatic carbocycles. The number of halogens is 1. The van der Waals surface area contributed by atoms with Crippen molar-refractivity contribution >= 4 is 29.3 Å². The molecule has 0 radical (unpaired) electrons. The molecule has 0 atom stereocenters. The maximum absolute atomic E-state index is 12.1. The molecular weight excluding hydrogens is 284 g/mol. The van der Waals surface area contributed by atoms with Gasteiger partial charge in [-0.05, 0) is 25.1 Å². The zero-order valence-electron chi connectivity index (χ0n) is 11.4. The van der Waals surface area contributed by atoms with Crippen molar-refractivity contribution in [3.05, 3.63) is 23.2 Å². The standard InChI is InChI=1S/C13H17ClN2O4/c1-3-16(7-6-12(17)18)13(19)15-10-8-9(14)4-5-11(10)20-2/h4-5,8H,3,6-7H2,1-2H3,(H,15,19)(H,17,18). The van der Waals surface area contributed by atoms with E-state index in [4.69, 9.17) is 21.4 Å². The molecule has 0 saturated heterocycles. The molecule has 1 rings (SSSR count). The summed E-state index contributed by atoms with van der Waals surface area (Å²) in [4.78, 5) is 24.0. The molecule has 110 valence electrons. The Morgan fingerprint density at radius 3 is 2.70 bits per heavy atom. The predicted molar refractivity (Wildman–Crippen MR) is 76.5 cm³/mol. The van der Waals surface area contributed by atoms with Crippen molar-refractivity contribution in [1.82, 2.24) is 4.90 Å². The van der Waals surface area contributed by atoms with Crippen LogP contribution in [-0.4, -0.2) is 42.2 Å². The number of carboxylic acid groups (broad SMARTS) is 1. The summed E-state index contributed by atoms with van der Waals surface area (Å²) in [6.45, 7) is 2.32. The molecule has 0 aliphatic rings. The van der Waals surface area contributed by atoms with Gasteiger partial charge in [0.2, 0.25) is 0 Å². The number of amides is 2. The Morgan fingerprint density at radius 2 is 2.15 bits per heavy atom. The number of carbonyl (C=O) groups is 2. The van der Waals surface area contributed by atoms with Crippen LogP contribution in [0.3, 0.4) is 0 Å². The zero-order valence-corrected chi connectivity index (χ0v) is 12.1. The quantitative estimate of drug-likeness (QED) is 0.846. The smallest absolute Gasteiger partial charge is 0.321 e. The number of benzene rings is 1. The lowest BCUT2D eigenvalue weighted by Crippen LogP contribution is -2.36. The summed E-state index contributed by atoms with van der Waals surface area (Å²) in [5.41, 5.74) is 0.443. The average molecular weight is 301 g/mol. The van der Waals surface area contributed by atoms with Crippen LogP contribution in [0.1, 0.15) is 13.3 Å². The molecular formula is C13H17ClN2O4. The molecule has 0 unspecified atom stereocenters. The van der Waals surface area contributed by atoms with Gasteiger partial charge in [-0.15, -0.1) is 0 Å². The number of ether oxygens (including phenoxy) is 1. The molecule has 2 amide bonds. The van der Waals surface area contributed by atoms with Crippen molar-refractivity contribution in [3.63, 3.8) is 0 Å². The lowest BCUT2D eigenvalue weighted by atomic mass is 10.3. The normalized spacial score (nSPS) is 9.95. The van der Waals surface area contributed by atoms with E-state index < -0.39 is 12.0 Å². The van der Waals surface area contributed by atoms with Crippen molar-refractivity contribution in [2.45, 2.75) is 13.3 Å². The van der Waals surface area contributed by atoms with E-state index in [1.807, 2.05) is 0 Å². The molecule has 20 heavy (non-hydrogen) atoms. The molecule has 0 fully saturated rings. The highest BCUT2D eigenvalue weighted by atomic mass is 35.5. The van der Waals surface area contributed by atoms with Crippen LogP contribution in [0.25, 0.3) is 0 Å². The summed E-state index contributed by atoms with van der Waals surface area (Å²) in [6, 6.07) is 4.47. The number of hydrogen-bond donors (Lipinski definition) is 2. The van der Waals surface area contributed by atoms with Gasteiger partial charge in [0.05, 0.1) is 19.2 Å². The third kappa shape index (κ3) is 4.62. The van der Waals surface area contributed by atoms with Gasteiger partial charge in [0.15, 0.2) is 0 Å². The summed E-state index contributed by atoms with van der Waals surface area (Å²) in [5, 5.41) is 11.8. The third-order valence-electron chi connectivity index (χ3n) is 2.67. The number of methoxy groups -OCH3 is 1. The molecule has 0 bridgehead atoms. The molecule has 0 aromatic heterocycles. The van der Waals surface area contributed by atoms with Gasteiger partial charge in [0, 0.05) is 18.1 Å². The highest BCUT2D eigenvalue weighted by molar-refractivity contribution is 6.31. The van der Waals surface area contributed by atoms with Crippen LogP contribution in [0, 0.1) is 0 Å². The Kier molecular flexibility index (Phi) is 6.11. The van der Waals surface area contributed by atoms with Gasteiger partial charge in [-0.3, -0.25) is 4.79 Å². The maximum atomic E-state index is 12.1. The number of nitrogens with zero attached hydrogens (tertiary/aromatic N) is 1. The van der Waals surface area contributed by atoms with Gasteiger partial charge in [-0.1, -0.05) is 11.6 Å². The number of carbonyl (C=O) groups excluding carboxylic acids is 1. The molecule has 0 heterocycles. The molecule has 7 heteroatoms. The van der Waals surface area contributed by atoms with E-state index in [2.05, 4.69) is 5.32 Å². The summed E-state index contributed by atoms with van der Waals surface area (Å²) in [7, 11) is 1.49. The van der Waals surface area contributed by atoms with E-state index in [1.54, 1.807) is 25.1 Å². The third-order valence-corrected chi connectivity index (χ3v) is 2.90. The van der Waals surface area contributed by atoms with Crippen molar-refractivity contribution in [2.24, 2.45) is 0 Å². The second-order valence-corrected chi connectivity index (χ2v) is 4.43. The number of nitrogens with one attached hydrogen (secondary N) is 1. The minimum Gasteiger partial charge on any atom is -0.495 e. The van der Waals surface area contributed by atoms with Crippen LogP contribution >= 0.6 is 11.6 Å². The second kappa shape index (κ2) is 7.59. The van der Waals surface area contributed by atoms with E-state index >= 15 is 0 Å². The molecule has 1 aromatic rings. The van der Waals surface area contributed by atoms with Crippen LogP contribution in [0.15, 0.2) is 18.2 Å². The fourth-order valence-corrected chi connectivity index (χ4v) is 1.78. The second-order valence-electron chi connectivity index (χ2n) is 4.00. The summed E-state index contributed by atoms with van der Waals surface area (Å²) >= 11 is 5.88. The van der Waals surface area contributed by atoms with Crippen molar-refractivity contribution in [3.8, 4) is 5.75 Å². The summed E-state index contributed by atoms with van der Waals surface area (Å²) in [6.07, 6.45) is -0.103. The molecule has 2 N–H and O–H groups in total. The van der Waals surface area contributed by atoms with E-state index in [-0.39, 0.29) is 13.0 Å². The number of carboxylic acids is 1. The molecule has 0 aliphatic carbocycles. The molecule has 0 saturated carbocycles. The highest BCUT2D eigenvalue weighted by Gasteiger charge is 2.15. The Hall–Kier alpha value is -1.95. The van der Waals surface area contributed by atoms with Crippen LogP contribution in [0.5, 0.6) is 5.75 Å². The largest absolute Gasteiger partial charge is 0.495 e. The summed E-state index contributed by atoms with van der Waals surface area (Å²) in [5.74, 6) is -0.464. The van der Waals surface area contributed by atoms with E-state index in [0.29, 0.717) is 23.0 Å². The van der Waals surface area contributed by atoms with Crippen molar-refractivity contribution in [2.75, 3.05) is 25.5 Å². The lowest BCUT2D eigenvalue weighted by molar-refractivity contribution is -0.137. The maximum Gasteiger partial charge on any atom is 0.321 e. The minimum absolute atomic E-state index is 0.103. The van der Waals surface area contributed by atoms with Crippen LogP contribution < -0.4 is 10.1 Å². The molecule has 6 nitrogen and oxygen atoms in total. The van der Waals surface area contributed by atoms with Crippen molar-refractivity contribution < 1.29 is 19.4 Å². The van der Waals surface area contributed by atoms with Crippen LogP contribution in [0.2, 0.25) is 5.02 Å². The highest BCUT2D eigenvalue weighted by Crippen LogP contribution is 2.27. The SMILES string of the molecule is CCN(CCC(=O)O)C(=O)Nc1cc(Cl)ccc1OC. The number of aliphatic carboxylic acids is 1. The Labute approximate surface area is 122 Å². The topological polar surface area (TPSA) is 78.9 Å². The minimum atomic E-state index is -0.948. The fraction of sp³-hybridized carbons (Fsp3) is 0.385. The first kappa shape index (κ1) is 16.1. The van der Waals surface area contributed by atoms with E-state index in [9.17, 15) is 9.59 Å². The summed E-state index contributed by atoms with van der Waals surface area (Å²) < 4.78 is 5.13. The molecule has 0 aliphatic heterocycles. The van der Waals surface area contributed by atoms with Gasteiger partial charge in [0.25, 0.3) is 0 Å². The first-order valence-electron chi connectivity index (χ1n) is 6.09. The van der Waals surface area contributed by atoms with Crippen molar-refractivity contribution in [1.29, 1.82) is 0 Å². The lowest BCUT2D eigenvalue weighted by Gasteiger charge is -2.21. The van der Waals surface area contributed by atoms with E-state index in [0.717, 1.165) is 0 Å². The Balaban J connectivity index is 2.77. The predicted octanol–water partition coefficient (Wildman–Crippen LogP) is 2.68. The Morgan fingerprint density at radius 1 is 1.45 bits per heavy atom. The monoisotopic (exact) mass is 300 g/mol. The number of hydrogen-bond acceptors (Lipinski definition) is 3. The zero-order chi connectivity index (χ0) is 15.1. The van der Waals surface area contributed by atoms with Gasteiger partial charge >= 0.3 is 12.0 Å². The van der Waals surface area contributed by atoms with Crippen LogP contribution in [0.4, 0.5) is 10.5 Å². The number of anilines is 1. The first-order chi connectivity index (χ1) is 9.47.